The van der Waals surface area contributed by atoms with Crippen molar-refractivity contribution >= 4 is 23.2 Å². The molecule has 1 unspecified atom stereocenters. The van der Waals surface area contributed by atoms with Crippen molar-refractivity contribution in [3.8, 4) is 0 Å². The zero-order chi connectivity index (χ0) is 15.8. The highest BCUT2D eigenvalue weighted by molar-refractivity contribution is 5.93. The lowest BCUT2D eigenvalue weighted by molar-refractivity contribution is -0.116. The van der Waals surface area contributed by atoms with E-state index in [2.05, 4.69) is 16.0 Å². The summed E-state index contributed by atoms with van der Waals surface area (Å²) in [6.45, 7) is 3.71. The van der Waals surface area contributed by atoms with Crippen LogP contribution >= 0.6 is 0 Å². The predicted octanol–water partition coefficient (Wildman–Crippen LogP) is 1.74. The third-order valence-electron chi connectivity index (χ3n) is 3.39. The van der Waals surface area contributed by atoms with E-state index >= 15 is 0 Å². The van der Waals surface area contributed by atoms with Gasteiger partial charge in [0.1, 0.15) is 0 Å². The Morgan fingerprint density at radius 2 is 2.05 bits per heavy atom. The molecule has 0 bridgehead atoms. The largest absolute Gasteiger partial charge is 0.377 e. The summed E-state index contributed by atoms with van der Waals surface area (Å²) in [6.07, 6.45) is 2.90. The smallest absolute Gasteiger partial charge is 0.225 e. The van der Waals surface area contributed by atoms with Gasteiger partial charge in [-0.25, -0.2) is 0 Å². The zero-order valence-electron chi connectivity index (χ0n) is 12.9. The van der Waals surface area contributed by atoms with E-state index in [1.807, 2.05) is 0 Å². The third-order valence-corrected chi connectivity index (χ3v) is 3.39. The minimum atomic E-state index is -0.137. The van der Waals surface area contributed by atoms with Crippen molar-refractivity contribution in [1.29, 1.82) is 0 Å². The number of nitrogens with one attached hydrogen (secondary N) is 3. The van der Waals surface area contributed by atoms with Crippen molar-refractivity contribution in [2.24, 2.45) is 0 Å². The molecule has 1 aliphatic rings. The van der Waals surface area contributed by atoms with Gasteiger partial charge in [0.25, 0.3) is 0 Å². The highest BCUT2D eigenvalue weighted by atomic mass is 16.5. The molecule has 1 aromatic carbocycles. The third kappa shape index (κ3) is 5.83. The Kier molecular flexibility index (Phi) is 6.36. The van der Waals surface area contributed by atoms with Crippen LogP contribution in [0.25, 0.3) is 0 Å². The summed E-state index contributed by atoms with van der Waals surface area (Å²) in [5.74, 6) is -0.193. The quantitative estimate of drug-likeness (QED) is 0.670. The molecule has 0 aliphatic carbocycles. The topological polar surface area (TPSA) is 79.5 Å². The van der Waals surface area contributed by atoms with E-state index in [1.54, 1.807) is 24.3 Å². The maximum absolute atomic E-state index is 11.9. The second-order valence-corrected chi connectivity index (χ2v) is 5.40. The molecule has 0 aromatic heterocycles. The van der Waals surface area contributed by atoms with Gasteiger partial charge in [0.15, 0.2) is 0 Å². The molecule has 1 aromatic rings. The molecule has 3 N–H and O–H groups in total. The zero-order valence-corrected chi connectivity index (χ0v) is 12.9. The van der Waals surface area contributed by atoms with Gasteiger partial charge in [-0.2, -0.15) is 0 Å². The average molecular weight is 305 g/mol. The van der Waals surface area contributed by atoms with E-state index in [0.29, 0.717) is 24.3 Å². The van der Waals surface area contributed by atoms with Crippen LogP contribution in [-0.2, 0) is 14.3 Å². The van der Waals surface area contributed by atoms with E-state index in [0.717, 1.165) is 26.0 Å². The Hall–Kier alpha value is -1.92. The number of hydrogen-bond acceptors (Lipinski definition) is 4. The van der Waals surface area contributed by atoms with E-state index in [1.165, 1.54) is 6.92 Å². The van der Waals surface area contributed by atoms with Gasteiger partial charge in [0, 0.05) is 44.4 Å². The van der Waals surface area contributed by atoms with E-state index < -0.39 is 0 Å². The van der Waals surface area contributed by atoms with Crippen LogP contribution in [0.5, 0.6) is 0 Å². The molecular weight excluding hydrogens is 282 g/mol. The van der Waals surface area contributed by atoms with E-state index in [-0.39, 0.29) is 17.9 Å². The second-order valence-electron chi connectivity index (χ2n) is 5.40. The number of hydrogen-bond donors (Lipinski definition) is 3. The summed E-state index contributed by atoms with van der Waals surface area (Å²) in [5.41, 5.74) is 1.34. The normalized spacial score (nSPS) is 17.2. The Bertz CT molecular complexity index is 513. The Morgan fingerprint density at radius 3 is 2.73 bits per heavy atom. The summed E-state index contributed by atoms with van der Waals surface area (Å²) in [4.78, 5) is 22.9. The van der Waals surface area contributed by atoms with Crippen LogP contribution in [0, 0.1) is 0 Å². The molecule has 2 amide bonds. The lowest BCUT2D eigenvalue weighted by atomic mass is 10.2. The van der Waals surface area contributed by atoms with Gasteiger partial charge in [-0.15, -0.1) is 0 Å². The fourth-order valence-corrected chi connectivity index (χ4v) is 2.37. The van der Waals surface area contributed by atoms with Gasteiger partial charge < -0.3 is 20.7 Å². The molecule has 120 valence electrons. The van der Waals surface area contributed by atoms with Crippen LogP contribution in [0.3, 0.4) is 0 Å². The van der Waals surface area contributed by atoms with Crippen LogP contribution < -0.4 is 16.0 Å². The Balaban J connectivity index is 1.68. The molecule has 1 atom stereocenters. The molecule has 1 aliphatic heterocycles. The summed E-state index contributed by atoms with van der Waals surface area (Å²) in [7, 11) is 0. The number of amides is 2. The number of carbonyl (C=O) groups excluding carboxylic acids is 2. The van der Waals surface area contributed by atoms with Crippen LogP contribution in [-0.4, -0.2) is 37.6 Å². The molecule has 6 heteroatoms. The Labute approximate surface area is 130 Å². The lowest BCUT2D eigenvalue weighted by Gasteiger charge is -2.11. The standard InChI is InChI=1S/C16H23N3O3/c1-12(20)18-13-4-2-5-14(10-13)19-16(21)7-8-17-11-15-6-3-9-22-15/h2,4-5,10,15,17H,3,6-9,11H2,1H3,(H,18,20)(H,19,21). The van der Waals surface area contributed by atoms with Gasteiger partial charge in [-0.1, -0.05) is 6.07 Å². The van der Waals surface area contributed by atoms with Gasteiger partial charge in [-0.05, 0) is 31.0 Å². The molecule has 0 spiro atoms. The van der Waals surface area contributed by atoms with Crippen molar-refractivity contribution in [1.82, 2.24) is 5.32 Å². The number of rotatable bonds is 7. The minimum Gasteiger partial charge on any atom is -0.377 e. The molecule has 6 nitrogen and oxygen atoms in total. The first-order chi connectivity index (χ1) is 10.6. The Morgan fingerprint density at radius 1 is 1.27 bits per heavy atom. The SMILES string of the molecule is CC(=O)Nc1cccc(NC(=O)CCNCC2CCCO2)c1. The highest BCUT2D eigenvalue weighted by Gasteiger charge is 2.14. The fraction of sp³-hybridized carbons (Fsp3) is 0.500. The number of carbonyl (C=O) groups is 2. The summed E-state index contributed by atoms with van der Waals surface area (Å²) in [6, 6.07) is 7.10. The summed E-state index contributed by atoms with van der Waals surface area (Å²) < 4.78 is 5.50. The number of ether oxygens (including phenoxy) is 1. The van der Waals surface area contributed by atoms with E-state index in [9.17, 15) is 9.59 Å². The minimum absolute atomic E-state index is 0.0557. The van der Waals surface area contributed by atoms with Crippen molar-refractivity contribution in [2.75, 3.05) is 30.3 Å². The maximum atomic E-state index is 11.9. The molecule has 1 fully saturated rings. The van der Waals surface area contributed by atoms with Crippen molar-refractivity contribution in [3.63, 3.8) is 0 Å². The van der Waals surface area contributed by atoms with Gasteiger partial charge in [-0.3, -0.25) is 9.59 Å². The monoisotopic (exact) mass is 305 g/mol. The van der Waals surface area contributed by atoms with Crippen LogP contribution in [0.2, 0.25) is 0 Å². The second kappa shape index (κ2) is 8.51. The summed E-state index contributed by atoms with van der Waals surface area (Å²) in [5, 5.41) is 8.75. The predicted molar refractivity (Wildman–Crippen MR) is 85.8 cm³/mol. The van der Waals surface area contributed by atoms with Gasteiger partial charge in [0.05, 0.1) is 6.10 Å². The first kappa shape index (κ1) is 16.5. The summed E-state index contributed by atoms with van der Waals surface area (Å²) >= 11 is 0. The van der Waals surface area contributed by atoms with Gasteiger partial charge in [0.2, 0.25) is 11.8 Å². The van der Waals surface area contributed by atoms with Gasteiger partial charge >= 0.3 is 0 Å². The maximum Gasteiger partial charge on any atom is 0.225 e. The van der Waals surface area contributed by atoms with Crippen LogP contribution in [0.1, 0.15) is 26.2 Å². The van der Waals surface area contributed by atoms with Crippen LogP contribution in [0.4, 0.5) is 11.4 Å². The molecule has 2 rings (SSSR count). The first-order valence-corrected chi connectivity index (χ1v) is 7.63. The molecule has 22 heavy (non-hydrogen) atoms. The fourth-order valence-electron chi connectivity index (χ4n) is 2.37. The highest BCUT2D eigenvalue weighted by Crippen LogP contribution is 2.15. The van der Waals surface area contributed by atoms with Crippen LogP contribution in [0.15, 0.2) is 24.3 Å². The molecular formula is C16H23N3O3. The molecule has 0 radical (unpaired) electrons. The van der Waals surface area contributed by atoms with Crippen molar-refractivity contribution < 1.29 is 14.3 Å². The number of anilines is 2. The van der Waals surface area contributed by atoms with Crippen molar-refractivity contribution in [3.05, 3.63) is 24.3 Å². The molecule has 1 heterocycles. The average Bonchev–Trinajstić information content (AvgIpc) is 2.96. The van der Waals surface area contributed by atoms with Crippen molar-refractivity contribution in [2.45, 2.75) is 32.3 Å². The number of benzene rings is 1. The molecule has 1 saturated heterocycles. The molecule has 0 saturated carbocycles. The lowest BCUT2D eigenvalue weighted by Crippen LogP contribution is -2.29. The van der Waals surface area contributed by atoms with E-state index in [4.69, 9.17) is 4.74 Å². The first-order valence-electron chi connectivity index (χ1n) is 7.63.